The van der Waals surface area contributed by atoms with Crippen LogP contribution in [0, 0.1) is 0 Å². The first-order chi connectivity index (χ1) is 11.4. The Morgan fingerprint density at radius 3 is 2.46 bits per heavy atom. The van der Waals surface area contributed by atoms with Crippen LogP contribution in [0.5, 0.6) is 5.75 Å². The second-order valence-corrected chi connectivity index (χ2v) is 8.66. The highest BCUT2D eigenvalue weighted by molar-refractivity contribution is 7.99. The zero-order valence-electron chi connectivity index (χ0n) is 13.0. The summed E-state index contributed by atoms with van der Waals surface area (Å²) in [5.74, 6) is 1.44. The van der Waals surface area contributed by atoms with Crippen LogP contribution in [-0.2, 0) is 16.6 Å². The highest BCUT2D eigenvalue weighted by Gasteiger charge is 2.17. The van der Waals surface area contributed by atoms with E-state index < -0.39 is 10.0 Å². The van der Waals surface area contributed by atoms with Gasteiger partial charge in [-0.3, -0.25) is 4.98 Å². The molecule has 0 atom stereocenters. The number of thioether (sulfide) groups is 1. The van der Waals surface area contributed by atoms with Crippen molar-refractivity contribution < 1.29 is 13.2 Å². The molecule has 2 rings (SSSR count). The highest BCUT2D eigenvalue weighted by Crippen LogP contribution is 2.26. The maximum atomic E-state index is 12.4. The molecule has 1 heterocycles. The van der Waals surface area contributed by atoms with Gasteiger partial charge in [0.15, 0.2) is 0 Å². The minimum absolute atomic E-state index is 0.00266. The van der Waals surface area contributed by atoms with Gasteiger partial charge in [-0.05, 0) is 30.0 Å². The number of sulfonamides is 1. The number of aromatic nitrogens is 1. The lowest BCUT2D eigenvalue weighted by Crippen LogP contribution is -2.24. The zero-order chi connectivity index (χ0) is 17.7. The van der Waals surface area contributed by atoms with Gasteiger partial charge in [0.25, 0.3) is 0 Å². The predicted octanol–water partition coefficient (Wildman–Crippen LogP) is 3.99. The fourth-order valence-electron chi connectivity index (χ4n) is 1.94. The van der Waals surface area contributed by atoms with E-state index in [1.807, 2.05) is 13.0 Å². The number of hydrogen-bond acceptors (Lipinski definition) is 5. The van der Waals surface area contributed by atoms with Crippen LogP contribution < -0.4 is 9.46 Å². The van der Waals surface area contributed by atoms with Gasteiger partial charge in [0, 0.05) is 21.1 Å². The number of pyridine rings is 1. The van der Waals surface area contributed by atoms with E-state index in [-0.39, 0.29) is 21.5 Å². The Morgan fingerprint density at radius 2 is 1.88 bits per heavy atom. The summed E-state index contributed by atoms with van der Waals surface area (Å²) in [5, 5.41) is 0.499. The molecule has 9 heteroatoms. The van der Waals surface area contributed by atoms with E-state index in [1.54, 1.807) is 18.0 Å². The average molecular weight is 407 g/mol. The van der Waals surface area contributed by atoms with Gasteiger partial charge >= 0.3 is 0 Å². The van der Waals surface area contributed by atoms with Crippen LogP contribution in [0.2, 0.25) is 10.0 Å². The normalized spacial score (nSPS) is 11.5. The third kappa shape index (κ3) is 5.00. The van der Waals surface area contributed by atoms with Gasteiger partial charge in [-0.25, -0.2) is 13.1 Å². The molecule has 1 aromatic carbocycles. The maximum absolute atomic E-state index is 12.4. The van der Waals surface area contributed by atoms with Crippen molar-refractivity contribution in [2.45, 2.75) is 23.3 Å². The Labute approximate surface area is 155 Å². The monoisotopic (exact) mass is 406 g/mol. The van der Waals surface area contributed by atoms with Crippen LogP contribution in [0.15, 0.2) is 40.3 Å². The first-order valence-corrected chi connectivity index (χ1v) is 10.2. The summed E-state index contributed by atoms with van der Waals surface area (Å²) in [7, 11) is -2.25. The Bertz CT molecular complexity index is 809. The SMILES string of the molecule is CCSc1cnc(CNS(=O)(=O)c2cc(Cl)cc(Cl)c2)c(OC)c1. The van der Waals surface area contributed by atoms with E-state index in [2.05, 4.69) is 9.71 Å². The molecule has 0 fully saturated rings. The van der Waals surface area contributed by atoms with Crippen LogP contribution in [0.1, 0.15) is 12.6 Å². The van der Waals surface area contributed by atoms with E-state index >= 15 is 0 Å². The number of nitrogens with zero attached hydrogens (tertiary/aromatic N) is 1. The molecule has 0 saturated heterocycles. The van der Waals surface area contributed by atoms with Gasteiger partial charge in [-0.1, -0.05) is 30.1 Å². The number of methoxy groups -OCH3 is 1. The van der Waals surface area contributed by atoms with E-state index in [1.165, 1.54) is 25.3 Å². The molecule has 130 valence electrons. The third-order valence-corrected chi connectivity index (χ3v) is 5.67. The van der Waals surface area contributed by atoms with Crippen molar-refractivity contribution in [3.63, 3.8) is 0 Å². The molecular weight excluding hydrogens is 391 g/mol. The maximum Gasteiger partial charge on any atom is 0.241 e. The Balaban J connectivity index is 2.20. The van der Waals surface area contributed by atoms with Crippen LogP contribution in [-0.4, -0.2) is 26.3 Å². The summed E-state index contributed by atoms with van der Waals surface area (Å²) in [6.45, 7) is 2.03. The second kappa shape index (κ2) is 8.40. The van der Waals surface area contributed by atoms with Gasteiger partial charge < -0.3 is 4.74 Å². The average Bonchev–Trinajstić information content (AvgIpc) is 2.53. The van der Waals surface area contributed by atoms with Gasteiger partial charge in [-0.2, -0.15) is 0 Å². The molecule has 2 aromatic rings. The molecule has 0 aliphatic carbocycles. The summed E-state index contributed by atoms with van der Waals surface area (Å²) < 4.78 is 32.5. The van der Waals surface area contributed by atoms with Crippen molar-refractivity contribution in [1.82, 2.24) is 9.71 Å². The van der Waals surface area contributed by atoms with Gasteiger partial charge in [-0.15, -0.1) is 11.8 Å². The van der Waals surface area contributed by atoms with Gasteiger partial charge in [0.1, 0.15) is 5.75 Å². The largest absolute Gasteiger partial charge is 0.495 e. The minimum Gasteiger partial charge on any atom is -0.495 e. The van der Waals surface area contributed by atoms with Crippen LogP contribution in [0.3, 0.4) is 0 Å². The molecule has 1 N–H and O–H groups in total. The Kier molecular flexibility index (Phi) is 6.77. The standard InChI is InChI=1S/C15H16Cl2N2O3S2/c1-3-23-12-7-15(22-2)14(18-8-12)9-19-24(20,21)13-5-10(16)4-11(17)6-13/h4-8,19H,3,9H2,1-2H3. The van der Waals surface area contributed by atoms with Gasteiger partial charge in [0.05, 0.1) is 24.2 Å². The molecule has 0 spiro atoms. The minimum atomic E-state index is -3.77. The molecule has 0 radical (unpaired) electrons. The van der Waals surface area contributed by atoms with Crippen molar-refractivity contribution >= 4 is 45.0 Å². The van der Waals surface area contributed by atoms with Gasteiger partial charge in [0.2, 0.25) is 10.0 Å². The number of rotatable bonds is 7. The molecule has 0 amide bonds. The van der Waals surface area contributed by atoms with E-state index in [4.69, 9.17) is 27.9 Å². The molecule has 0 aliphatic rings. The zero-order valence-corrected chi connectivity index (χ0v) is 16.2. The Morgan fingerprint density at radius 1 is 1.21 bits per heavy atom. The molecule has 1 aromatic heterocycles. The van der Waals surface area contributed by atoms with E-state index in [0.29, 0.717) is 11.4 Å². The van der Waals surface area contributed by atoms with Crippen molar-refractivity contribution in [1.29, 1.82) is 0 Å². The Hall–Kier alpha value is -0.990. The topological polar surface area (TPSA) is 68.3 Å². The lowest BCUT2D eigenvalue weighted by Gasteiger charge is -2.11. The highest BCUT2D eigenvalue weighted by atomic mass is 35.5. The lowest BCUT2D eigenvalue weighted by atomic mass is 10.3. The van der Waals surface area contributed by atoms with Crippen molar-refractivity contribution in [3.05, 3.63) is 46.2 Å². The lowest BCUT2D eigenvalue weighted by molar-refractivity contribution is 0.404. The molecule has 0 unspecified atom stereocenters. The first-order valence-electron chi connectivity index (χ1n) is 6.97. The predicted molar refractivity (Wildman–Crippen MR) is 97.7 cm³/mol. The van der Waals surface area contributed by atoms with Crippen LogP contribution in [0.25, 0.3) is 0 Å². The summed E-state index contributed by atoms with van der Waals surface area (Å²) >= 11 is 13.3. The summed E-state index contributed by atoms with van der Waals surface area (Å²) in [6.07, 6.45) is 1.69. The fourth-order valence-corrected chi connectivity index (χ4v) is 4.30. The quantitative estimate of drug-likeness (QED) is 0.703. The third-order valence-electron chi connectivity index (χ3n) is 3.01. The molecule has 0 aliphatic heterocycles. The first kappa shape index (κ1) is 19.3. The van der Waals surface area contributed by atoms with Crippen molar-refractivity contribution in [2.75, 3.05) is 12.9 Å². The van der Waals surface area contributed by atoms with E-state index in [0.717, 1.165) is 10.6 Å². The molecule has 0 bridgehead atoms. The smallest absolute Gasteiger partial charge is 0.241 e. The van der Waals surface area contributed by atoms with Crippen LogP contribution in [0.4, 0.5) is 0 Å². The number of halogens is 2. The molecule has 5 nitrogen and oxygen atoms in total. The van der Waals surface area contributed by atoms with Crippen LogP contribution >= 0.6 is 35.0 Å². The molecule has 0 saturated carbocycles. The number of nitrogens with one attached hydrogen (secondary N) is 1. The summed E-state index contributed by atoms with van der Waals surface area (Å²) in [5.41, 5.74) is 0.495. The van der Waals surface area contributed by atoms with E-state index in [9.17, 15) is 8.42 Å². The number of benzene rings is 1. The molecular formula is C15H16Cl2N2O3S2. The van der Waals surface area contributed by atoms with Crippen molar-refractivity contribution in [2.24, 2.45) is 0 Å². The molecule has 24 heavy (non-hydrogen) atoms. The fraction of sp³-hybridized carbons (Fsp3) is 0.267. The summed E-state index contributed by atoms with van der Waals surface area (Å²) in [4.78, 5) is 5.23. The van der Waals surface area contributed by atoms with Crippen molar-refractivity contribution in [3.8, 4) is 5.75 Å². The second-order valence-electron chi connectivity index (χ2n) is 4.68. The summed E-state index contributed by atoms with van der Waals surface area (Å²) in [6, 6.07) is 5.97. The number of hydrogen-bond donors (Lipinski definition) is 1. The number of ether oxygens (including phenoxy) is 1.